The number of esters is 1. The van der Waals surface area contributed by atoms with Gasteiger partial charge in [-0.3, -0.25) is 4.90 Å². The highest BCUT2D eigenvalue weighted by atomic mass is 16.7. The Morgan fingerprint density at radius 2 is 1.74 bits per heavy atom. The van der Waals surface area contributed by atoms with Crippen LogP contribution in [0.5, 0.6) is 23.0 Å². The number of rotatable bonds is 9. The van der Waals surface area contributed by atoms with E-state index >= 15 is 0 Å². The highest BCUT2D eigenvalue weighted by molar-refractivity contribution is 5.87. The number of aliphatic hydroxyl groups excluding tert-OH is 3. The van der Waals surface area contributed by atoms with Crippen LogP contribution in [0.15, 0.2) is 48.0 Å². The van der Waals surface area contributed by atoms with Gasteiger partial charge in [0.05, 0.1) is 14.2 Å². The van der Waals surface area contributed by atoms with Gasteiger partial charge in [-0.15, -0.1) is 0 Å². The predicted molar refractivity (Wildman–Crippen MR) is 157 cm³/mol. The molecule has 0 bridgehead atoms. The molecule has 0 spiro atoms. The SMILES string of the molecule is COc1cc(/C=C/C(=O)OC[C@H]2O[C@@H](Oc3ccc(C4=C(C)C[C@@H]5CCCN5C4)cc3)[C@H](O)[C@@H](O)[C@@H]2O)cc(OC)c1O. The van der Waals surface area contributed by atoms with E-state index in [-0.39, 0.29) is 17.2 Å². The number of aliphatic hydroxyl groups is 3. The summed E-state index contributed by atoms with van der Waals surface area (Å²) in [4.78, 5) is 14.9. The molecule has 0 amide bonds. The van der Waals surface area contributed by atoms with Gasteiger partial charge in [0, 0.05) is 18.7 Å². The van der Waals surface area contributed by atoms with Crippen molar-refractivity contribution in [1.82, 2.24) is 4.90 Å². The Labute approximate surface area is 250 Å². The first-order chi connectivity index (χ1) is 20.7. The lowest BCUT2D eigenvalue weighted by molar-refractivity contribution is -0.278. The Kier molecular flexibility index (Phi) is 9.58. The van der Waals surface area contributed by atoms with Gasteiger partial charge in [-0.1, -0.05) is 17.7 Å². The molecule has 3 heterocycles. The first-order valence-corrected chi connectivity index (χ1v) is 14.4. The normalized spacial score (nSPS) is 27.7. The largest absolute Gasteiger partial charge is 0.502 e. The molecule has 5 rings (SSSR count). The van der Waals surface area contributed by atoms with Crippen molar-refractivity contribution < 1.29 is 48.9 Å². The third kappa shape index (κ3) is 6.81. The number of fused-ring (bicyclic) bond motifs is 1. The topological polar surface area (TPSA) is 147 Å². The van der Waals surface area contributed by atoms with E-state index in [1.807, 2.05) is 12.1 Å². The molecule has 2 aromatic rings. The minimum absolute atomic E-state index is 0.167. The second-order valence-electron chi connectivity index (χ2n) is 11.1. The van der Waals surface area contributed by atoms with E-state index in [9.17, 15) is 25.2 Å². The zero-order valence-corrected chi connectivity index (χ0v) is 24.5. The van der Waals surface area contributed by atoms with Crippen molar-refractivity contribution in [2.45, 2.75) is 62.9 Å². The molecule has 0 aliphatic carbocycles. The molecule has 11 heteroatoms. The van der Waals surface area contributed by atoms with Crippen molar-refractivity contribution in [2.24, 2.45) is 0 Å². The second-order valence-corrected chi connectivity index (χ2v) is 11.1. The molecule has 232 valence electrons. The summed E-state index contributed by atoms with van der Waals surface area (Å²) in [6, 6.07) is 11.2. The van der Waals surface area contributed by atoms with E-state index in [4.69, 9.17) is 23.7 Å². The van der Waals surface area contributed by atoms with Crippen LogP contribution in [0.2, 0.25) is 0 Å². The average Bonchev–Trinajstić information content (AvgIpc) is 3.47. The summed E-state index contributed by atoms with van der Waals surface area (Å²) < 4.78 is 27.0. The first kappa shape index (κ1) is 30.8. The standard InChI is InChI=1S/C32H39NO10/c1-18-13-21-5-4-12-33(21)16-23(18)20-7-9-22(10-8-20)42-32-31(38)30(37)29(36)26(43-32)17-41-27(34)11-6-19-14-24(39-2)28(35)25(15-19)40-3/h6-11,14-15,21,26,29-32,35-38H,4-5,12-13,16-17H2,1-3H3/b11-6+/t21-,26+,29+,30-,31+,32+/m0/s1. The van der Waals surface area contributed by atoms with E-state index in [0.29, 0.717) is 17.4 Å². The predicted octanol–water partition coefficient (Wildman–Crippen LogP) is 2.49. The number of phenols is 1. The molecule has 3 aliphatic rings. The van der Waals surface area contributed by atoms with Gasteiger partial charge in [0.25, 0.3) is 0 Å². The first-order valence-electron chi connectivity index (χ1n) is 14.4. The van der Waals surface area contributed by atoms with Gasteiger partial charge in [0.1, 0.15) is 36.8 Å². The van der Waals surface area contributed by atoms with E-state index in [2.05, 4.69) is 11.8 Å². The summed E-state index contributed by atoms with van der Waals surface area (Å²) in [6.07, 6.45) is -0.934. The van der Waals surface area contributed by atoms with Gasteiger partial charge < -0.3 is 44.1 Å². The van der Waals surface area contributed by atoms with Crippen LogP contribution in [-0.4, -0.2) is 102 Å². The molecule has 0 saturated carbocycles. The van der Waals surface area contributed by atoms with Crippen molar-refractivity contribution in [2.75, 3.05) is 33.9 Å². The minimum atomic E-state index is -1.59. The summed E-state index contributed by atoms with van der Waals surface area (Å²) in [6.45, 7) is 3.85. The van der Waals surface area contributed by atoms with Gasteiger partial charge in [-0.2, -0.15) is 0 Å². The Bertz CT molecular complexity index is 1330. The number of hydrogen-bond donors (Lipinski definition) is 4. The van der Waals surface area contributed by atoms with Gasteiger partial charge in [-0.25, -0.2) is 4.79 Å². The zero-order valence-electron chi connectivity index (χ0n) is 24.5. The molecule has 2 aromatic carbocycles. The fourth-order valence-electron chi connectivity index (χ4n) is 5.89. The number of nitrogens with zero attached hydrogens (tertiary/aromatic N) is 1. The third-order valence-electron chi connectivity index (χ3n) is 8.34. The molecule has 6 atom stereocenters. The van der Waals surface area contributed by atoms with Crippen molar-refractivity contribution in [3.8, 4) is 23.0 Å². The van der Waals surface area contributed by atoms with Crippen molar-refractivity contribution in [3.63, 3.8) is 0 Å². The van der Waals surface area contributed by atoms with Gasteiger partial charge >= 0.3 is 5.97 Å². The second kappa shape index (κ2) is 13.4. The smallest absolute Gasteiger partial charge is 0.330 e. The Hall–Kier alpha value is -3.61. The fourth-order valence-corrected chi connectivity index (χ4v) is 5.89. The Balaban J connectivity index is 1.19. The van der Waals surface area contributed by atoms with E-state index in [1.54, 1.807) is 12.1 Å². The number of methoxy groups -OCH3 is 2. The number of phenolic OH excluding ortho intramolecular Hbond substituents is 1. The van der Waals surface area contributed by atoms with E-state index in [0.717, 1.165) is 31.1 Å². The lowest BCUT2D eigenvalue weighted by atomic mass is 9.91. The maximum Gasteiger partial charge on any atom is 0.330 e. The Morgan fingerprint density at radius 3 is 2.42 bits per heavy atom. The van der Waals surface area contributed by atoms with Crippen molar-refractivity contribution in [1.29, 1.82) is 0 Å². The number of carbonyl (C=O) groups excluding carboxylic acids is 1. The van der Waals surface area contributed by atoms with Crippen LogP contribution >= 0.6 is 0 Å². The number of ether oxygens (including phenoxy) is 5. The number of benzene rings is 2. The molecular weight excluding hydrogens is 558 g/mol. The molecule has 2 saturated heterocycles. The molecule has 0 aromatic heterocycles. The van der Waals surface area contributed by atoms with Crippen LogP contribution < -0.4 is 14.2 Å². The monoisotopic (exact) mass is 597 g/mol. The fraction of sp³-hybridized carbons (Fsp3) is 0.469. The molecule has 2 fully saturated rings. The number of hydrogen-bond acceptors (Lipinski definition) is 11. The highest BCUT2D eigenvalue weighted by Gasteiger charge is 2.45. The molecule has 0 unspecified atom stereocenters. The molecule has 43 heavy (non-hydrogen) atoms. The maximum atomic E-state index is 12.4. The zero-order chi connectivity index (χ0) is 30.7. The summed E-state index contributed by atoms with van der Waals surface area (Å²) >= 11 is 0. The molecular formula is C32H39NO10. The molecule has 4 N–H and O–H groups in total. The number of aromatic hydroxyl groups is 1. The van der Waals surface area contributed by atoms with Crippen molar-refractivity contribution >= 4 is 17.6 Å². The Morgan fingerprint density at radius 1 is 1.05 bits per heavy atom. The van der Waals surface area contributed by atoms with Crippen LogP contribution in [0, 0.1) is 0 Å². The average molecular weight is 598 g/mol. The quantitative estimate of drug-likeness (QED) is 0.250. The van der Waals surface area contributed by atoms with Crippen LogP contribution in [0.3, 0.4) is 0 Å². The highest BCUT2D eigenvalue weighted by Crippen LogP contribution is 2.38. The van der Waals surface area contributed by atoms with Crippen LogP contribution in [0.25, 0.3) is 11.6 Å². The summed E-state index contributed by atoms with van der Waals surface area (Å²) in [5, 5.41) is 41.5. The van der Waals surface area contributed by atoms with Crippen LogP contribution in [0.1, 0.15) is 37.3 Å². The van der Waals surface area contributed by atoms with Gasteiger partial charge in [-0.05, 0) is 79.8 Å². The lowest BCUT2D eigenvalue weighted by Crippen LogP contribution is -2.60. The number of carbonyl (C=O) groups is 1. The van der Waals surface area contributed by atoms with Gasteiger partial charge in [0.2, 0.25) is 12.0 Å². The minimum Gasteiger partial charge on any atom is -0.502 e. The third-order valence-corrected chi connectivity index (χ3v) is 8.34. The van der Waals surface area contributed by atoms with Crippen molar-refractivity contribution in [3.05, 3.63) is 59.2 Å². The molecule has 0 radical (unpaired) electrons. The maximum absolute atomic E-state index is 12.4. The summed E-state index contributed by atoms with van der Waals surface area (Å²) in [7, 11) is 2.78. The van der Waals surface area contributed by atoms with E-state index < -0.39 is 43.3 Å². The lowest BCUT2D eigenvalue weighted by Gasteiger charge is -2.39. The summed E-state index contributed by atoms with van der Waals surface area (Å²) in [5.41, 5.74) is 4.33. The van der Waals surface area contributed by atoms with E-state index in [1.165, 1.54) is 56.4 Å². The van der Waals surface area contributed by atoms with Gasteiger partial charge in [0.15, 0.2) is 11.5 Å². The summed E-state index contributed by atoms with van der Waals surface area (Å²) in [5.74, 6) is -0.161. The molecule has 3 aliphatic heterocycles. The van der Waals surface area contributed by atoms with Crippen LogP contribution in [0.4, 0.5) is 0 Å². The molecule has 11 nitrogen and oxygen atoms in total. The van der Waals surface area contributed by atoms with Crippen LogP contribution in [-0.2, 0) is 14.3 Å².